The van der Waals surface area contributed by atoms with Gasteiger partial charge >= 0.3 is 0 Å². The second-order valence-electron chi connectivity index (χ2n) is 7.22. The third-order valence-corrected chi connectivity index (χ3v) is 7.83. The highest BCUT2D eigenvalue weighted by Crippen LogP contribution is 2.42. The summed E-state index contributed by atoms with van der Waals surface area (Å²) in [4.78, 5) is 13.5. The maximum absolute atomic E-state index is 12.9. The van der Waals surface area contributed by atoms with Crippen LogP contribution in [0.15, 0.2) is 4.90 Å². The lowest BCUT2D eigenvalue weighted by Gasteiger charge is -2.19. The average molecular weight is 370 g/mol. The molecular weight excluding hydrogens is 346 g/mol. The third kappa shape index (κ3) is 3.37. The lowest BCUT2D eigenvalue weighted by atomic mass is 9.95. The van der Waals surface area contributed by atoms with Gasteiger partial charge in [0.2, 0.25) is 15.9 Å². The summed E-state index contributed by atoms with van der Waals surface area (Å²) in [5.41, 5.74) is 6.88. The largest absolute Gasteiger partial charge is 0.327 e. The Kier molecular flexibility index (Phi) is 4.19. The van der Waals surface area contributed by atoms with Gasteiger partial charge in [0.05, 0.1) is 0 Å². The predicted octanol–water partition coefficient (Wildman–Crippen LogP) is 1.60. The number of carbonyl (C=O) groups is 1. The van der Waals surface area contributed by atoms with Crippen LogP contribution in [0, 0.1) is 11.8 Å². The first-order valence-electron chi connectivity index (χ1n) is 8.64. The Labute approximate surface area is 146 Å². The van der Waals surface area contributed by atoms with Crippen LogP contribution in [-0.4, -0.2) is 26.9 Å². The van der Waals surface area contributed by atoms with Gasteiger partial charge in [0, 0.05) is 23.4 Å². The van der Waals surface area contributed by atoms with Gasteiger partial charge < -0.3 is 11.1 Å². The van der Waals surface area contributed by atoms with Gasteiger partial charge in [0.15, 0.2) is 0 Å². The lowest BCUT2D eigenvalue weighted by molar-refractivity contribution is -0.117. The maximum Gasteiger partial charge on any atom is 0.243 e. The predicted molar refractivity (Wildman–Crippen MR) is 93.6 cm³/mol. The highest BCUT2D eigenvalue weighted by atomic mass is 32.2. The van der Waals surface area contributed by atoms with Gasteiger partial charge in [-0.05, 0) is 56.4 Å². The summed E-state index contributed by atoms with van der Waals surface area (Å²) in [5.74, 6) is 0.443. The van der Waals surface area contributed by atoms with Gasteiger partial charge in [-0.3, -0.25) is 4.79 Å². The molecular formula is C16H23N3O3S2. The van der Waals surface area contributed by atoms with Crippen LogP contribution in [0.5, 0.6) is 0 Å². The summed E-state index contributed by atoms with van der Waals surface area (Å²) in [6, 6.07) is -0.0172. The Hall–Kier alpha value is -0.960. The molecule has 0 aromatic carbocycles. The zero-order valence-electron chi connectivity index (χ0n) is 13.5. The van der Waals surface area contributed by atoms with E-state index in [2.05, 4.69) is 10.0 Å². The second kappa shape index (κ2) is 6.09. The number of hydrogen-bond donors (Lipinski definition) is 3. The number of nitrogens with one attached hydrogen (secondary N) is 2. The number of sulfonamides is 1. The van der Waals surface area contributed by atoms with Crippen LogP contribution in [0.1, 0.15) is 42.5 Å². The third-order valence-electron chi connectivity index (χ3n) is 4.96. The number of hydrogen-bond acceptors (Lipinski definition) is 5. The molecule has 2 saturated carbocycles. The summed E-state index contributed by atoms with van der Waals surface area (Å²) in [5, 5.41) is 3.35. The van der Waals surface area contributed by atoms with E-state index in [-0.39, 0.29) is 22.8 Å². The van der Waals surface area contributed by atoms with E-state index in [0.29, 0.717) is 23.9 Å². The Morgan fingerprint density at radius 1 is 1.21 bits per heavy atom. The first-order chi connectivity index (χ1) is 11.4. The van der Waals surface area contributed by atoms with Crippen molar-refractivity contribution >= 4 is 32.3 Å². The van der Waals surface area contributed by atoms with Crippen LogP contribution in [0.3, 0.4) is 0 Å². The van der Waals surface area contributed by atoms with E-state index in [9.17, 15) is 13.2 Å². The topological polar surface area (TPSA) is 101 Å². The number of thiophene rings is 1. The standard InChI is InChI=1S/C16H23N3O3S2/c17-11-5-6-13-12(7-11)14(24(21,22)18-8-9-1-2-9)16(23-13)19-15(20)10-3-4-10/h9-11,18H,1-8,17H2,(H,19,20). The number of carbonyl (C=O) groups excluding carboxylic acids is 1. The smallest absolute Gasteiger partial charge is 0.243 e. The lowest BCUT2D eigenvalue weighted by Crippen LogP contribution is -2.31. The molecule has 0 radical (unpaired) electrons. The maximum atomic E-state index is 12.9. The van der Waals surface area contributed by atoms with E-state index in [1.54, 1.807) is 0 Å². The van der Waals surface area contributed by atoms with E-state index in [4.69, 9.17) is 5.73 Å². The van der Waals surface area contributed by atoms with Crippen molar-refractivity contribution in [2.24, 2.45) is 17.6 Å². The van der Waals surface area contributed by atoms with Gasteiger partial charge in [-0.25, -0.2) is 13.1 Å². The molecule has 1 heterocycles. The number of aryl methyl sites for hydroxylation is 1. The second-order valence-corrected chi connectivity index (χ2v) is 10.0. The number of anilines is 1. The first kappa shape index (κ1) is 16.5. The quantitative estimate of drug-likeness (QED) is 0.709. The van der Waals surface area contributed by atoms with E-state index >= 15 is 0 Å². The van der Waals surface area contributed by atoms with Gasteiger partial charge in [-0.2, -0.15) is 0 Å². The normalized spacial score (nSPS) is 23.8. The fourth-order valence-corrected chi connectivity index (χ4v) is 6.22. The summed E-state index contributed by atoms with van der Waals surface area (Å²) in [6.45, 7) is 0.481. The minimum atomic E-state index is -3.63. The first-order valence-corrected chi connectivity index (χ1v) is 10.9. The van der Waals surface area contributed by atoms with Crippen molar-refractivity contribution in [1.29, 1.82) is 0 Å². The molecule has 1 unspecified atom stereocenters. The van der Waals surface area contributed by atoms with Crippen molar-refractivity contribution in [3.63, 3.8) is 0 Å². The van der Waals surface area contributed by atoms with Crippen molar-refractivity contribution in [3.05, 3.63) is 10.4 Å². The van der Waals surface area contributed by atoms with Crippen molar-refractivity contribution < 1.29 is 13.2 Å². The van der Waals surface area contributed by atoms with E-state index < -0.39 is 10.0 Å². The van der Waals surface area contributed by atoms with Gasteiger partial charge in [0.25, 0.3) is 0 Å². The molecule has 8 heteroatoms. The fourth-order valence-electron chi connectivity index (χ4n) is 3.13. The molecule has 6 nitrogen and oxygen atoms in total. The van der Waals surface area contributed by atoms with Crippen LogP contribution in [0.2, 0.25) is 0 Å². The Morgan fingerprint density at radius 3 is 2.62 bits per heavy atom. The highest BCUT2D eigenvalue weighted by molar-refractivity contribution is 7.90. The Morgan fingerprint density at radius 2 is 1.96 bits per heavy atom. The molecule has 2 fully saturated rings. The molecule has 0 saturated heterocycles. The van der Waals surface area contributed by atoms with Gasteiger partial charge in [-0.15, -0.1) is 11.3 Å². The molecule has 132 valence electrons. The summed E-state index contributed by atoms with van der Waals surface area (Å²) in [7, 11) is -3.63. The highest BCUT2D eigenvalue weighted by Gasteiger charge is 2.36. The number of nitrogens with two attached hydrogens (primary N) is 1. The molecule has 4 rings (SSSR count). The van der Waals surface area contributed by atoms with Gasteiger partial charge in [-0.1, -0.05) is 0 Å². The molecule has 0 bridgehead atoms. The number of rotatable bonds is 6. The van der Waals surface area contributed by atoms with Crippen molar-refractivity contribution in [1.82, 2.24) is 4.72 Å². The molecule has 1 atom stereocenters. The zero-order chi connectivity index (χ0) is 16.9. The molecule has 1 amide bonds. The summed E-state index contributed by atoms with van der Waals surface area (Å²) < 4.78 is 28.5. The molecule has 3 aliphatic carbocycles. The van der Waals surface area contributed by atoms with Crippen molar-refractivity contribution in [2.45, 2.75) is 55.9 Å². The minimum absolute atomic E-state index is 0.0172. The van der Waals surface area contributed by atoms with E-state index in [1.165, 1.54) is 11.3 Å². The van der Waals surface area contributed by atoms with E-state index in [0.717, 1.165) is 49.0 Å². The van der Waals surface area contributed by atoms with Gasteiger partial charge in [0.1, 0.15) is 9.90 Å². The summed E-state index contributed by atoms with van der Waals surface area (Å²) >= 11 is 1.41. The number of fused-ring (bicyclic) bond motifs is 1. The SMILES string of the molecule is NC1CCc2sc(NC(=O)C3CC3)c(S(=O)(=O)NCC3CC3)c2C1. The molecule has 4 N–H and O–H groups in total. The van der Waals surface area contributed by atoms with Crippen molar-refractivity contribution in [2.75, 3.05) is 11.9 Å². The van der Waals surface area contributed by atoms with Crippen LogP contribution < -0.4 is 15.8 Å². The monoisotopic (exact) mass is 369 g/mol. The molecule has 1 aromatic heterocycles. The van der Waals surface area contributed by atoms with Crippen LogP contribution in [0.4, 0.5) is 5.00 Å². The van der Waals surface area contributed by atoms with Crippen LogP contribution >= 0.6 is 11.3 Å². The molecule has 0 aliphatic heterocycles. The molecule has 1 aromatic rings. The number of amides is 1. The molecule has 24 heavy (non-hydrogen) atoms. The van der Waals surface area contributed by atoms with Crippen molar-refractivity contribution in [3.8, 4) is 0 Å². The minimum Gasteiger partial charge on any atom is -0.327 e. The van der Waals surface area contributed by atoms with Crippen LogP contribution in [0.25, 0.3) is 0 Å². The zero-order valence-corrected chi connectivity index (χ0v) is 15.1. The average Bonchev–Trinajstić information content (AvgIpc) is 3.42. The fraction of sp³-hybridized carbons (Fsp3) is 0.688. The van der Waals surface area contributed by atoms with E-state index in [1.807, 2.05) is 0 Å². The molecule has 0 spiro atoms. The Balaban J connectivity index is 1.67. The summed E-state index contributed by atoms with van der Waals surface area (Å²) in [6.07, 6.45) is 6.16. The Bertz CT molecular complexity index is 764. The molecule has 3 aliphatic rings. The van der Waals surface area contributed by atoms with Crippen LogP contribution in [-0.2, 0) is 27.7 Å².